The summed E-state index contributed by atoms with van der Waals surface area (Å²) in [6.45, 7) is 0.701. The Balaban J connectivity index is 1.85. The van der Waals surface area contributed by atoms with E-state index >= 15 is 0 Å². The minimum Gasteiger partial charge on any atom is -0.375 e. The molecule has 0 saturated carbocycles. The molecule has 1 aliphatic rings. The zero-order valence-corrected chi connectivity index (χ0v) is 13.6. The number of halogens is 1. The molecule has 2 aromatic rings. The Morgan fingerprint density at radius 3 is 2.88 bits per heavy atom. The van der Waals surface area contributed by atoms with Crippen molar-refractivity contribution in [3.05, 3.63) is 35.9 Å². The number of ether oxygens (including phenoxy) is 1. The first kappa shape index (κ1) is 16.6. The van der Waals surface area contributed by atoms with E-state index in [4.69, 9.17) is 9.26 Å². The fourth-order valence-corrected chi connectivity index (χ4v) is 2.96. The summed E-state index contributed by atoms with van der Waals surface area (Å²) < 4.78 is 23.3. The molecule has 3 rings (SSSR count). The fraction of sp³-hybridized carbons (Fsp3) is 0.471. The molecule has 128 valence electrons. The minimum atomic E-state index is -0.321. The van der Waals surface area contributed by atoms with Crippen LogP contribution in [0.3, 0.4) is 0 Å². The van der Waals surface area contributed by atoms with Gasteiger partial charge in [-0.05, 0) is 37.1 Å². The summed E-state index contributed by atoms with van der Waals surface area (Å²) in [6, 6.07) is 5.66. The Morgan fingerprint density at radius 1 is 1.33 bits per heavy atom. The molecule has 1 aromatic heterocycles. The number of amides is 1. The SMILES string of the molecule is COCC(=O)N1CCCCC[C@@H]1c1noc(-c2ccc(F)cc2)n1. The molecule has 0 spiro atoms. The van der Waals surface area contributed by atoms with Crippen LogP contribution in [-0.2, 0) is 9.53 Å². The number of hydrogen-bond donors (Lipinski definition) is 0. The summed E-state index contributed by atoms with van der Waals surface area (Å²) in [4.78, 5) is 18.5. The highest BCUT2D eigenvalue weighted by atomic mass is 19.1. The standard InChI is InChI=1S/C17H20FN3O3/c1-23-11-15(22)21-10-4-2-3-5-14(21)16-19-17(24-20-16)12-6-8-13(18)9-7-12/h6-9,14H,2-5,10-11H2,1H3/t14-/m1/s1. The normalized spacial score (nSPS) is 18.4. The molecule has 1 atom stereocenters. The Bertz CT molecular complexity index is 687. The van der Waals surface area contributed by atoms with Crippen LogP contribution in [0, 0.1) is 5.82 Å². The largest absolute Gasteiger partial charge is 0.375 e. The van der Waals surface area contributed by atoms with E-state index in [1.807, 2.05) is 0 Å². The number of carbonyl (C=O) groups excluding carboxylic acids is 1. The molecule has 6 nitrogen and oxygen atoms in total. The third-order valence-electron chi connectivity index (χ3n) is 4.17. The van der Waals surface area contributed by atoms with Gasteiger partial charge < -0.3 is 14.2 Å². The third kappa shape index (κ3) is 3.62. The van der Waals surface area contributed by atoms with Crippen molar-refractivity contribution in [2.75, 3.05) is 20.3 Å². The molecule has 0 aliphatic carbocycles. The van der Waals surface area contributed by atoms with Crippen molar-refractivity contribution in [2.24, 2.45) is 0 Å². The topological polar surface area (TPSA) is 68.5 Å². The summed E-state index contributed by atoms with van der Waals surface area (Å²) in [7, 11) is 1.51. The van der Waals surface area contributed by atoms with Gasteiger partial charge >= 0.3 is 0 Å². The Kier molecular flexibility index (Phi) is 5.20. The van der Waals surface area contributed by atoms with E-state index in [2.05, 4.69) is 10.1 Å². The molecule has 0 unspecified atom stereocenters. The Hall–Kier alpha value is -2.28. The van der Waals surface area contributed by atoms with E-state index in [9.17, 15) is 9.18 Å². The molecule has 2 heterocycles. The second-order valence-corrected chi connectivity index (χ2v) is 5.85. The summed E-state index contributed by atoms with van der Waals surface area (Å²) in [5.41, 5.74) is 0.651. The van der Waals surface area contributed by atoms with E-state index in [1.54, 1.807) is 17.0 Å². The maximum Gasteiger partial charge on any atom is 0.258 e. The highest BCUT2D eigenvalue weighted by Crippen LogP contribution is 2.30. The van der Waals surface area contributed by atoms with Crippen molar-refractivity contribution in [3.8, 4) is 11.5 Å². The van der Waals surface area contributed by atoms with Gasteiger partial charge in [0.1, 0.15) is 12.4 Å². The van der Waals surface area contributed by atoms with Gasteiger partial charge in [-0.2, -0.15) is 4.98 Å². The maximum atomic E-state index is 13.0. The fourth-order valence-electron chi connectivity index (χ4n) is 2.96. The number of aromatic nitrogens is 2. The molecule has 1 aliphatic heterocycles. The number of likely N-dealkylation sites (tertiary alicyclic amines) is 1. The molecule has 7 heteroatoms. The molecule has 0 radical (unpaired) electrons. The van der Waals surface area contributed by atoms with Crippen molar-refractivity contribution in [2.45, 2.75) is 31.7 Å². The van der Waals surface area contributed by atoms with E-state index in [0.29, 0.717) is 23.8 Å². The summed E-state index contributed by atoms with van der Waals surface area (Å²) >= 11 is 0. The number of carbonyl (C=O) groups is 1. The van der Waals surface area contributed by atoms with Gasteiger partial charge in [0.25, 0.3) is 5.89 Å². The van der Waals surface area contributed by atoms with Crippen LogP contribution in [0.2, 0.25) is 0 Å². The number of nitrogens with zero attached hydrogens (tertiary/aromatic N) is 3. The molecule has 1 fully saturated rings. The number of benzene rings is 1. The second-order valence-electron chi connectivity index (χ2n) is 5.85. The van der Waals surface area contributed by atoms with Gasteiger partial charge in [0.2, 0.25) is 5.91 Å². The summed E-state index contributed by atoms with van der Waals surface area (Å²) in [5, 5.41) is 4.06. The Morgan fingerprint density at radius 2 is 2.12 bits per heavy atom. The van der Waals surface area contributed by atoms with Gasteiger partial charge in [-0.3, -0.25) is 4.79 Å². The Labute approximate surface area is 139 Å². The summed E-state index contributed by atoms with van der Waals surface area (Å²) in [5.74, 6) is 0.421. The van der Waals surface area contributed by atoms with E-state index in [1.165, 1.54) is 19.2 Å². The van der Waals surface area contributed by atoms with Crippen molar-refractivity contribution in [3.63, 3.8) is 0 Å². The molecule has 1 amide bonds. The first-order valence-electron chi connectivity index (χ1n) is 8.07. The average Bonchev–Trinajstić information content (AvgIpc) is 2.93. The van der Waals surface area contributed by atoms with Crippen molar-refractivity contribution >= 4 is 5.91 Å². The van der Waals surface area contributed by atoms with Crippen LogP contribution >= 0.6 is 0 Å². The van der Waals surface area contributed by atoms with Gasteiger partial charge in [0, 0.05) is 19.2 Å². The second kappa shape index (κ2) is 7.53. The minimum absolute atomic E-state index is 0.0408. The van der Waals surface area contributed by atoms with Crippen LogP contribution in [0.5, 0.6) is 0 Å². The van der Waals surface area contributed by atoms with Crippen molar-refractivity contribution in [1.29, 1.82) is 0 Å². The van der Waals surface area contributed by atoms with Crippen molar-refractivity contribution in [1.82, 2.24) is 15.0 Å². The monoisotopic (exact) mass is 333 g/mol. The number of rotatable bonds is 4. The van der Waals surface area contributed by atoms with E-state index in [-0.39, 0.29) is 24.4 Å². The first-order valence-corrected chi connectivity index (χ1v) is 8.07. The molecule has 0 bridgehead atoms. The highest BCUT2D eigenvalue weighted by molar-refractivity contribution is 5.77. The lowest BCUT2D eigenvalue weighted by atomic mass is 10.1. The van der Waals surface area contributed by atoms with Gasteiger partial charge in [-0.25, -0.2) is 4.39 Å². The quantitative estimate of drug-likeness (QED) is 0.860. The zero-order chi connectivity index (χ0) is 16.9. The van der Waals surface area contributed by atoms with E-state index in [0.717, 1.165) is 25.7 Å². The maximum absolute atomic E-state index is 13.0. The summed E-state index contributed by atoms with van der Waals surface area (Å²) in [6.07, 6.45) is 3.81. The van der Waals surface area contributed by atoms with Gasteiger partial charge in [0.15, 0.2) is 5.82 Å². The van der Waals surface area contributed by atoms with Crippen LogP contribution in [0.25, 0.3) is 11.5 Å². The lowest BCUT2D eigenvalue weighted by molar-refractivity contribution is -0.137. The molecule has 0 N–H and O–H groups in total. The zero-order valence-electron chi connectivity index (χ0n) is 13.6. The predicted octanol–water partition coefficient (Wildman–Crippen LogP) is 2.97. The van der Waals surface area contributed by atoms with Crippen LogP contribution in [0.1, 0.15) is 37.5 Å². The highest BCUT2D eigenvalue weighted by Gasteiger charge is 2.30. The molecular formula is C17H20FN3O3. The third-order valence-corrected chi connectivity index (χ3v) is 4.17. The lowest BCUT2D eigenvalue weighted by Crippen LogP contribution is -2.37. The molecule has 1 saturated heterocycles. The van der Waals surface area contributed by atoms with Crippen LogP contribution in [-0.4, -0.2) is 41.2 Å². The molecule has 24 heavy (non-hydrogen) atoms. The smallest absolute Gasteiger partial charge is 0.258 e. The van der Waals surface area contributed by atoms with Crippen LogP contribution < -0.4 is 0 Å². The van der Waals surface area contributed by atoms with Gasteiger partial charge in [-0.15, -0.1) is 0 Å². The van der Waals surface area contributed by atoms with Gasteiger partial charge in [0.05, 0.1) is 6.04 Å². The van der Waals surface area contributed by atoms with Crippen LogP contribution in [0.15, 0.2) is 28.8 Å². The number of methoxy groups -OCH3 is 1. The number of hydrogen-bond acceptors (Lipinski definition) is 5. The van der Waals surface area contributed by atoms with Crippen LogP contribution in [0.4, 0.5) is 4.39 Å². The van der Waals surface area contributed by atoms with Crippen molar-refractivity contribution < 1.29 is 18.4 Å². The lowest BCUT2D eigenvalue weighted by Gasteiger charge is -2.27. The average molecular weight is 333 g/mol. The first-order chi connectivity index (χ1) is 11.7. The van der Waals surface area contributed by atoms with E-state index < -0.39 is 0 Å². The van der Waals surface area contributed by atoms with Gasteiger partial charge in [-0.1, -0.05) is 18.0 Å². The predicted molar refractivity (Wildman–Crippen MR) is 84.5 cm³/mol. The molecule has 1 aromatic carbocycles. The molecular weight excluding hydrogens is 313 g/mol.